The molecule has 0 amide bonds. The van der Waals surface area contributed by atoms with Gasteiger partial charge in [-0.1, -0.05) is 104 Å². The summed E-state index contributed by atoms with van der Waals surface area (Å²) in [4.78, 5) is 23.4. The molecule has 0 saturated carbocycles. The number of hydrogen-bond acceptors (Lipinski definition) is 4. The predicted molar refractivity (Wildman–Crippen MR) is 116 cm³/mol. The van der Waals surface area contributed by atoms with Gasteiger partial charge in [0.2, 0.25) is 0 Å². The zero-order valence-corrected chi connectivity index (χ0v) is 18.9. The zero-order valence-electron chi connectivity index (χ0n) is 18.9. The van der Waals surface area contributed by atoms with Crippen molar-refractivity contribution >= 4 is 11.9 Å². The van der Waals surface area contributed by atoms with Crippen molar-refractivity contribution in [3.63, 3.8) is 0 Å². The van der Waals surface area contributed by atoms with Crippen LogP contribution in [-0.2, 0) is 19.1 Å². The number of ether oxygens (including phenoxy) is 2. The van der Waals surface area contributed by atoms with Crippen molar-refractivity contribution in [2.24, 2.45) is 0 Å². The average Bonchev–Trinajstić information content (AvgIpc) is 2.67. The third kappa shape index (κ3) is 18.3. The Morgan fingerprint density at radius 3 is 1.61 bits per heavy atom. The lowest BCUT2D eigenvalue weighted by atomic mass is 10.0. The van der Waals surface area contributed by atoms with Crippen molar-refractivity contribution in [2.45, 2.75) is 136 Å². The van der Waals surface area contributed by atoms with E-state index < -0.39 is 11.9 Å². The van der Waals surface area contributed by atoms with E-state index in [1.807, 2.05) is 6.92 Å². The van der Waals surface area contributed by atoms with Crippen LogP contribution in [0.2, 0.25) is 0 Å². The highest BCUT2D eigenvalue weighted by atomic mass is 16.6. The number of esters is 2. The van der Waals surface area contributed by atoms with Crippen LogP contribution in [-0.4, -0.2) is 24.6 Å². The topological polar surface area (TPSA) is 52.6 Å². The Labute approximate surface area is 174 Å². The van der Waals surface area contributed by atoms with Gasteiger partial charge in [-0.3, -0.25) is 9.59 Å². The number of carbonyl (C=O) groups excluding carboxylic acids is 2. The summed E-state index contributed by atoms with van der Waals surface area (Å²) in [5.41, 5.74) is 0. The Morgan fingerprint density at radius 2 is 1.14 bits per heavy atom. The minimum atomic E-state index is -0.463. The van der Waals surface area contributed by atoms with Crippen molar-refractivity contribution in [3.05, 3.63) is 0 Å². The third-order valence-electron chi connectivity index (χ3n) is 5.16. The fraction of sp³-hybridized carbons (Fsp3) is 0.917. The molecule has 0 bridgehead atoms. The van der Waals surface area contributed by atoms with Gasteiger partial charge in [0.25, 0.3) is 0 Å². The van der Waals surface area contributed by atoms with Gasteiger partial charge in [-0.15, -0.1) is 0 Å². The van der Waals surface area contributed by atoms with E-state index in [1.54, 1.807) is 0 Å². The summed E-state index contributed by atoms with van der Waals surface area (Å²) in [6.45, 7) is 6.72. The second-order valence-electron chi connectivity index (χ2n) is 7.95. The van der Waals surface area contributed by atoms with Crippen LogP contribution in [0.15, 0.2) is 0 Å². The number of hydrogen-bond donors (Lipinski definition) is 0. The molecule has 1 atom stereocenters. The SMILES string of the molecule is CCCCCCCCCCCCCCCOC(=O)CC(=O)OC(CC)CCC. The molecule has 0 aliphatic carbocycles. The highest BCUT2D eigenvalue weighted by Gasteiger charge is 2.16. The fourth-order valence-electron chi connectivity index (χ4n) is 3.37. The summed E-state index contributed by atoms with van der Waals surface area (Å²) in [6, 6.07) is 0. The monoisotopic (exact) mass is 398 g/mol. The summed E-state index contributed by atoms with van der Waals surface area (Å²) < 4.78 is 10.4. The van der Waals surface area contributed by atoms with E-state index in [0.717, 1.165) is 32.1 Å². The molecule has 0 aromatic carbocycles. The number of unbranched alkanes of at least 4 members (excludes halogenated alkanes) is 12. The van der Waals surface area contributed by atoms with Gasteiger partial charge in [-0.05, 0) is 19.3 Å². The van der Waals surface area contributed by atoms with Gasteiger partial charge in [-0.25, -0.2) is 0 Å². The summed E-state index contributed by atoms with van der Waals surface area (Å²) in [5.74, 6) is -0.925. The first-order chi connectivity index (χ1) is 13.6. The van der Waals surface area contributed by atoms with Crippen LogP contribution < -0.4 is 0 Å². The molecule has 0 aliphatic heterocycles. The summed E-state index contributed by atoms with van der Waals surface area (Å²) in [5, 5.41) is 0. The Kier molecular flexibility index (Phi) is 19.9. The molecule has 0 spiro atoms. The molecule has 4 heteroatoms. The summed E-state index contributed by atoms with van der Waals surface area (Å²) in [7, 11) is 0. The smallest absolute Gasteiger partial charge is 0.317 e. The maximum Gasteiger partial charge on any atom is 0.317 e. The van der Waals surface area contributed by atoms with Crippen LogP contribution in [0, 0.1) is 0 Å². The lowest BCUT2D eigenvalue weighted by molar-refractivity contribution is -0.158. The maximum atomic E-state index is 11.7. The number of carbonyl (C=O) groups is 2. The van der Waals surface area contributed by atoms with Crippen LogP contribution in [0.1, 0.15) is 130 Å². The van der Waals surface area contributed by atoms with Gasteiger partial charge in [0.15, 0.2) is 0 Å². The van der Waals surface area contributed by atoms with Gasteiger partial charge >= 0.3 is 11.9 Å². The molecule has 4 nitrogen and oxygen atoms in total. The molecule has 1 unspecified atom stereocenters. The maximum absolute atomic E-state index is 11.7. The molecule has 0 aromatic heterocycles. The lowest BCUT2D eigenvalue weighted by Gasteiger charge is -2.14. The van der Waals surface area contributed by atoms with Gasteiger partial charge in [-0.2, -0.15) is 0 Å². The second-order valence-corrected chi connectivity index (χ2v) is 7.95. The van der Waals surface area contributed by atoms with Gasteiger partial charge in [0.05, 0.1) is 6.61 Å². The molecule has 0 aliphatic rings. The van der Waals surface area contributed by atoms with Crippen molar-refractivity contribution in [1.29, 1.82) is 0 Å². The summed E-state index contributed by atoms with van der Waals surface area (Å²) >= 11 is 0. The molecule has 0 fully saturated rings. The highest BCUT2D eigenvalue weighted by Crippen LogP contribution is 2.12. The molecule has 0 N–H and O–H groups in total. The molecule has 0 rings (SSSR count). The fourth-order valence-corrected chi connectivity index (χ4v) is 3.37. The lowest BCUT2D eigenvalue weighted by Crippen LogP contribution is -2.20. The van der Waals surface area contributed by atoms with E-state index >= 15 is 0 Å². The van der Waals surface area contributed by atoms with Crippen molar-refractivity contribution in [2.75, 3.05) is 6.61 Å². The average molecular weight is 399 g/mol. The molecule has 0 heterocycles. The van der Waals surface area contributed by atoms with Crippen molar-refractivity contribution in [3.8, 4) is 0 Å². The van der Waals surface area contributed by atoms with Crippen molar-refractivity contribution in [1.82, 2.24) is 0 Å². The summed E-state index contributed by atoms with van der Waals surface area (Å²) in [6.07, 6.45) is 19.0. The number of rotatable bonds is 20. The Bertz CT molecular complexity index is 368. The highest BCUT2D eigenvalue weighted by molar-refractivity contribution is 5.91. The van der Waals surface area contributed by atoms with Crippen LogP contribution in [0.5, 0.6) is 0 Å². The van der Waals surface area contributed by atoms with Crippen LogP contribution in [0.25, 0.3) is 0 Å². The quantitative estimate of drug-likeness (QED) is 0.124. The largest absolute Gasteiger partial charge is 0.465 e. The van der Waals surface area contributed by atoms with Gasteiger partial charge < -0.3 is 9.47 Å². The Balaban J connectivity index is 3.39. The first-order valence-corrected chi connectivity index (χ1v) is 12.0. The Morgan fingerprint density at radius 1 is 0.643 bits per heavy atom. The third-order valence-corrected chi connectivity index (χ3v) is 5.16. The van der Waals surface area contributed by atoms with Gasteiger partial charge in [0.1, 0.15) is 12.5 Å². The zero-order chi connectivity index (χ0) is 20.9. The van der Waals surface area contributed by atoms with E-state index in [2.05, 4.69) is 13.8 Å². The normalized spacial score (nSPS) is 12.0. The van der Waals surface area contributed by atoms with E-state index in [0.29, 0.717) is 6.61 Å². The van der Waals surface area contributed by atoms with Gasteiger partial charge in [0, 0.05) is 0 Å². The minimum absolute atomic E-state index is 0.0774. The molecule has 0 aromatic rings. The molecule has 0 saturated heterocycles. The molecule has 28 heavy (non-hydrogen) atoms. The van der Waals surface area contributed by atoms with E-state index in [-0.39, 0.29) is 12.5 Å². The second kappa shape index (κ2) is 20.7. The molecular formula is C24H46O4. The molecule has 166 valence electrons. The van der Waals surface area contributed by atoms with Crippen LogP contribution >= 0.6 is 0 Å². The van der Waals surface area contributed by atoms with E-state index in [1.165, 1.54) is 70.6 Å². The molecular weight excluding hydrogens is 352 g/mol. The molecule has 0 radical (unpaired) electrons. The van der Waals surface area contributed by atoms with E-state index in [9.17, 15) is 9.59 Å². The van der Waals surface area contributed by atoms with Crippen molar-refractivity contribution < 1.29 is 19.1 Å². The minimum Gasteiger partial charge on any atom is -0.465 e. The van der Waals surface area contributed by atoms with Crippen LogP contribution in [0.4, 0.5) is 0 Å². The van der Waals surface area contributed by atoms with E-state index in [4.69, 9.17) is 9.47 Å². The first-order valence-electron chi connectivity index (χ1n) is 12.0. The first kappa shape index (κ1) is 26.9. The predicted octanol–water partition coefficient (Wildman–Crippen LogP) is 7.13. The standard InChI is InChI=1S/C24H46O4/c1-4-7-8-9-10-11-12-13-14-15-16-17-18-20-27-23(25)21-24(26)28-22(6-3)19-5-2/h22H,4-21H2,1-3H3. The van der Waals surface area contributed by atoms with Crippen LogP contribution in [0.3, 0.4) is 0 Å². The Hall–Kier alpha value is -1.06.